The van der Waals surface area contributed by atoms with Gasteiger partial charge >= 0.3 is 5.97 Å². The van der Waals surface area contributed by atoms with Gasteiger partial charge in [0.05, 0.1) is 6.26 Å². The Hall–Kier alpha value is -1.81. The first-order valence-electron chi connectivity index (χ1n) is 5.11. The van der Waals surface area contributed by atoms with E-state index in [0.29, 0.717) is 12.8 Å². The van der Waals surface area contributed by atoms with Gasteiger partial charge in [-0.15, -0.1) is 0 Å². The maximum atomic E-state index is 10.6. The van der Waals surface area contributed by atoms with Crippen LogP contribution in [0, 0.1) is 0 Å². The number of furan rings is 1. The predicted octanol–water partition coefficient (Wildman–Crippen LogP) is 1.78. The highest BCUT2D eigenvalue weighted by molar-refractivity contribution is 5.77. The van der Waals surface area contributed by atoms with Crippen LogP contribution in [0.5, 0.6) is 0 Å². The first-order chi connectivity index (χ1) is 7.66. The van der Waals surface area contributed by atoms with Crippen molar-refractivity contribution in [3.05, 3.63) is 36.1 Å². The Morgan fingerprint density at radius 3 is 3.00 bits per heavy atom. The fourth-order valence-corrected chi connectivity index (χ4v) is 1.62. The molecule has 2 aromatic rings. The van der Waals surface area contributed by atoms with Crippen LogP contribution in [0.3, 0.4) is 0 Å². The molecule has 0 saturated heterocycles. The Bertz CT molecular complexity index is 504. The van der Waals surface area contributed by atoms with Crippen LogP contribution in [-0.4, -0.2) is 17.1 Å². The summed E-state index contributed by atoms with van der Waals surface area (Å²) in [6.07, 6.45) is 2.74. The van der Waals surface area contributed by atoms with Crippen molar-refractivity contribution >= 4 is 16.9 Å². The van der Waals surface area contributed by atoms with E-state index in [1.165, 1.54) is 0 Å². The largest absolute Gasteiger partial charge is 0.480 e. The molecule has 0 aliphatic rings. The maximum Gasteiger partial charge on any atom is 0.320 e. The minimum atomic E-state index is -0.954. The molecule has 1 atom stereocenters. The zero-order valence-electron chi connectivity index (χ0n) is 8.72. The number of hydrogen-bond acceptors (Lipinski definition) is 3. The highest BCUT2D eigenvalue weighted by Crippen LogP contribution is 2.18. The molecule has 0 bridgehead atoms. The lowest BCUT2D eigenvalue weighted by Gasteiger charge is -2.05. The van der Waals surface area contributed by atoms with E-state index in [0.717, 1.165) is 16.5 Å². The minimum absolute atomic E-state index is 0.443. The van der Waals surface area contributed by atoms with Crippen LogP contribution in [0.1, 0.15) is 12.0 Å². The zero-order valence-corrected chi connectivity index (χ0v) is 8.72. The Morgan fingerprint density at radius 2 is 2.25 bits per heavy atom. The summed E-state index contributed by atoms with van der Waals surface area (Å²) >= 11 is 0. The number of aliphatic carboxylic acids is 1. The van der Waals surface area contributed by atoms with Gasteiger partial charge in [0.25, 0.3) is 0 Å². The predicted molar refractivity (Wildman–Crippen MR) is 60.1 cm³/mol. The minimum Gasteiger partial charge on any atom is -0.480 e. The van der Waals surface area contributed by atoms with Crippen molar-refractivity contribution in [2.24, 2.45) is 5.73 Å². The summed E-state index contributed by atoms with van der Waals surface area (Å²) in [6.45, 7) is 0. The van der Waals surface area contributed by atoms with Gasteiger partial charge in [0, 0.05) is 5.39 Å². The molecule has 1 aromatic heterocycles. The number of carboxylic acid groups (broad SMARTS) is 1. The Labute approximate surface area is 92.7 Å². The number of aryl methyl sites for hydroxylation is 1. The summed E-state index contributed by atoms with van der Waals surface area (Å²) in [7, 11) is 0. The summed E-state index contributed by atoms with van der Waals surface area (Å²) in [5.41, 5.74) is 7.35. The number of nitrogens with two attached hydrogens (primary N) is 1. The molecule has 0 fully saturated rings. The molecule has 0 saturated carbocycles. The van der Waals surface area contributed by atoms with Crippen LogP contribution >= 0.6 is 0 Å². The highest BCUT2D eigenvalue weighted by Gasteiger charge is 2.11. The molecule has 0 aliphatic carbocycles. The molecular formula is C12H13NO3. The average Bonchev–Trinajstić information content (AvgIpc) is 2.72. The summed E-state index contributed by atoms with van der Waals surface area (Å²) in [6, 6.07) is 6.90. The first kappa shape index (κ1) is 10.7. The monoisotopic (exact) mass is 219 g/mol. The second-order valence-corrected chi connectivity index (χ2v) is 3.78. The van der Waals surface area contributed by atoms with Crippen LogP contribution in [0.15, 0.2) is 34.9 Å². The summed E-state index contributed by atoms with van der Waals surface area (Å²) < 4.78 is 5.22. The average molecular weight is 219 g/mol. The third-order valence-electron chi connectivity index (χ3n) is 2.58. The molecule has 1 aromatic carbocycles. The molecule has 84 valence electrons. The van der Waals surface area contributed by atoms with Crippen molar-refractivity contribution in [1.82, 2.24) is 0 Å². The van der Waals surface area contributed by atoms with E-state index in [-0.39, 0.29) is 0 Å². The van der Waals surface area contributed by atoms with Crippen LogP contribution in [0.2, 0.25) is 0 Å². The van der Waals surface area contributed by atoms with Crippen LogP contribution < -0.4 is 5.73 Å². The zero-order chi connectivity index (χ0) is 11.5. The van der Waals surface area contributed by atoms with Gasteiger partial charge in [-0.3, -0.25) is 4.79 Å². The van der Waals surface area contributed by atoms with E-state index in [1.54, 1.807) is 6.26 Å². The van der Waals surface area contributed by atoms with Gasteiger partial charge in [0.1, 0.15) is 11.6 Å². The second-order valence-electron chi connectivity index (χ2n) is 3.78. The molecule has 0 amide bonds. The third-order valence-corrected chi connectivity index (χ3v) is 2.58. The third kappa shape index (κ3) is 2.23. The number of carbonyl (C=O) groups is 1. The van der Waals surface area contributed by atoms with Gasteiger partial charge in [-0.1, -0.05) is 6.07 Å². The molecule has 4 nitrogen and oxygen atoms in total. The molecule has 1 heterocycles. The smallest absolute Gasteiger partial charge is 0.320 e. The van der Waals surface area contributed by atoms with Gasteiger partial charge < -0.3 is 15.3 Å². The van der Waals surface area contributed by atoms with Crippen molar-refractivity contribution < 1.29 is 14.3 Å². The van der Waals surface area contributed by atoms with E-state index in [4.69, 9.17) is 15.3 Å². The van der Waals surface area contributed by atoms with Crippen LogP contribution in [-0.2, 0) is 11.2 Å². The van der Waals surface area contributed by atoms with E-state index < -0.39 is 12.0 Å². The molecular weight excluding hydrogens is 206 g/mol. The molecule has 2 rings (SSSR count). The Morgan fingerprint density at radius 1 is 1.44 bits per heavy atom. The van der Waals surface area contributed by atoms with Crippen LogP contribution in [0.4, 0.5) is 0 Å². The van der Waals surface area contributed by atoms with Gasteiger partial charge in [-0.2, -0.15) is 0 Å². The quantitative estimate of drug-likeness (QED) is 0.821. The molecule has 0 unspecified atom stereocenters. The lowest BCUT2D eigenvalue weighted by Crippen LogP contribution is -2.30. The second kappa shape index (κ2) is 4.37. The molecule has 0 spiro atoms. The Kier molecular flexibility index (Phi) is 2.92. The van der Waals surface area contributed by atoms with Crippen molar-refractivity contribution in [3.8, 4) is 0 Å². The van der Waals surface area contributed by atoms with Crippen molar-refractivity contribution in [2.45, 2.75) is 18.9 Å². The molecule has 3 N–H and O–H groups in total. The number of fused-ring (bicyclic) bond motifs is 1. The standard InChI is InChI=1S/C12H13NO3/c13-10(12(14)15)3-1-8-2-4-11-9(7-8)5-6-16-11/h2,4-7,10H,1,3,13H2,(H,14,15)/t10-/m0/s1. The first-order valence-corrected chi connectivity index (χ1v) is 5.11. The molecule has 0 aliphatic heterocycles. The highest BCUT2D eigenvalue weighted by atomic mass is 16.4. The van der Waals surface area contributed by atoms with Crippen molar-refractivity contribution in [2.75, 3.05) is 0 Å². The molecule has 0 radical (unpaired) electrons. The van der Waals surface area contributed by atoms with E-state index in [9.17, 15) is 4.79 Å². The summed E-state index contributed by atoms with van der Waals surface area (Å²) in [5, 5.41) is 9.69. The van der Waals surface area contributed by atoms with Crippen molar-refractivity contribution in [1.29, 1.82) is 0 Å². The Balaban J connectivity index is 2.06. The maximum absolute atomic E-state index is 10.6. The molecule has 16 heavy (non-hydrogen) atoms. The summed E-state index contributed by atoms with van der Waals surface area (Å²) in [4.78, 5) is 10.6. The van der Waals surface area contributed by atoms with Crippen LogP contribution in [0.25, 0.3) is 11.0 Å². The fourth-order valence-electron chi connectivity index (χ4n) is 1.62. The lowest BCUT2D eigenvalue weighted by molar-refractivity contribution is -0.138. The van der Waals surface area contributed by atoms with Gasteiger partial charge in [0.2, 0.25) is 0 Å². The van der Waals surface area contributed by atoms with Gasteiger partial charge in [-0.25, -0.2) is 0 Å². The lowest BCUT2D eigenvalue weighted by atomic mass is 10.0. The number of benzene rings is 1. The topological polar surface area (TPSA) is 76.5 Å². The fraction of sp³-hybridized carbons (Fsp3) is 0.250. The SMILES string of the molecule is N[C@@H](CCc1ccc2occc2c1)C(=O)O. The normalized spacial score (nSPS) is 12.8. The van der Waals surface area contributed by atoms with Gasteiger partial charge in [0.15, 0.2) is 0 Å². The van der Waals surface area contributed by atoms with E-state index in [1.807, 2.05) is 24.3 Å². The van der Waals surface area contributed by atoms with Gasteiger partial charge in [-0.05, 0) is 36.6 Å². The number of rotatable bonds is 4. The van der Waals surface area contributed by atoms with E-state index in [2.05, 4.69) is 0 Å². The van der Waals surface area contributed by atoms with E-state index >= 15 is 0 Å². The number of hydrogen-bond donors (Lipinski definition) is 2. The number of carboxylic acids is 1. The summed E-state index contributed by atoms with van der Waals surface area (Å²) in [5.74, 6) is -0.954. The molecule has 4 heteroatoms. The van der Waals surface area contributed by atoms with Crippen molar-refractivity contribution in [3.63, 3.8) is 0 Å².